The van der Waals surface area contributed by atoms with Crippen LogP contribution in [0.2, 0.25) is 0 Å². The molecule has 1 aromatic heterocycles. The summed E-state index contributed by atoms with van der Waals surface area (Å²) in [6.07, 6.45) is 7.33. The highest BCUT2D eigenvalue weighted by Crippen LogP contribution is 2.21. The molecule has 1 N–H and O–H groups in total. The van der Waals surface area contributed by atoms with Crippen LogP contribution >= 0.6 is 0 Å². The van der Waals surface area contributed by atoms with Crippen LogP contribution in [0.1, 0.15) is 36.9 Å². The molecule has 0 radical (unpaired) electrons. The van der Waals surface area contributed by atoms with E-state index in [1.807, 2.05) is 20.2 Å². The Morgan fingerprint density at radius 2 is 2.18 bits per heavy atom. The number of aromatic nitrogens is 1. The third-order valence-electron chi connectivity index (χ3n) is 3.55. The van der Waals surface area contributed by atoms with Gasteiger partial charge in [-0.2, -0.15) is 0 Å². The first-order valence-corrected chi connectivity index (χ1v) is 6.47. The van der Waals surface area contributed by atoms with Crippen LogP contribution in [-0.2, 0) is 11.3 Å². The van der Waals surface area contributed by atoms with E-state index in [0.717, 1.165) is 12.2 Å². The molecule has 1 aliphatic rings. The van der Waals surface area contributed by atoms with Gasteiger partial charge in [-0.05, 0) is 31.4 Å². The monoisotopic (exact) mass is 234 g/mol. The summed E-state index contributed by atoms with van der Waals surface area (Å²) in [7, 11) is 1.82. The van der Waals surface area contributed by atoms with E-state index in [-0.39, 0.29) is 0 Å². The number of nitrogens with one attached hydrogen (secondary N) is 1. The van der Waals surface area contributed by atoms with Crippen molar-refractivity contribution < 1.29 is 4.74 Å². The van der Waals surface area contributed by atoms with Crippen LogP contribution in [-0.4, -0.2) is 24.2 Å². The van der Waals surface area contributed by atoms with Gasteiger partial charge in [0.25, 0.3) is 0 Å². The Labute approximate surface area is 104 Å². The highest BCUT2D eigenvalue weighted by atomic mass is 16.5. The molecule has 0 amide bonds. The zero-order valence-electron chi connectivity index (χ0n) is 10.8. The molecule has 0 spiro atoms. The van der Waals surface area contributed by atoms with Crippen molar-refractivity contribution >= 4 is 0 Å². The van der Waals surface area contributed by atoms with Crippen molar-refractivity contribution in [3.63, 3.8) is 0 Å². The Kier molecular flexibility index (Phi) is 4.51. The number of methoxy groups -OCH3 is 1. The van der Waals surface area contributed by atoms with Gasteiger partial charge in [-0.1, -0.05) is 18.9 Å². The largest absolute Gasteiger partial charge is 0.380 e. The van der Waals surface area contributed by atoms with E-state index >= 15 is 0 Å². The summed E-state index contributed by atoms with van der Waals surface area (Å²) in [6.45, 7) is 2.90. The molecule has 1 heterocycles. The summed E-state index contributed by atoms with van der Waals surface area (Å²) < 4.78 is 5.53. The highest BCUT2D eigenvalue weighted by Gasteiger charge is 2.23. The van der Waals surface area contributed by atoms with Crippen molar-refractivity contribution in [1.82, 2.24) is 10.3 Å². The molecule has 1 aliphatic carbocycles. The highest BCUT2D eigenvalue weighted by molar-refractivity contribution is 5.13. The standard InChI is InChI=1S/C14H22N2O/c1-11-7-8-12(9-15-11)10-16-13-5-3-4-6-14(13)17-2/h7-9,13-14,16H,3-6,10H2,1-2H3. The molecule has 2 atom stereocenters. The molecule has 3 heteroatoms. The van der Waals surface area contributed by atoms with Crippen LogP contribution in [0.25, 0.3) is 0 Å². The molecule has 0 aliphatic heterocycles. The molecule has 2 rings (SSSR count). The van der Waals surface area contributed by atoms with Gasteiger partial charge in [0.05, 0.1) is 6.10 Å². The van der Waals surface area contributed by atoms with Gasteiger partial charge in [0.15, 0.2) is 0 Å². The Balaban J connectivity index is 1.86. The molecule has 0 aromatic carbocycles. The van der Waals surface area contributed by atoms with Crippen molar-refractivity contribution in [2.45, 2.75) is 51.3 Å². The first kappa shape index (κ1) is 12.5. The summed E-state index contributed by atoms with van der Waals surface area (Å²) in [5.41, 5.74) is 2.32. The van der Waals surface area contributed by atoms with Crippen LogP contribution < -0.4 is 5.32 Å². The number of ether oxygens (including phenoxy) is 1. The molecule has 94 valence electrons. The van der Waals surface area contributed by atoms with Gasteiger partial charge in [-0.3, -0.25) is 4.98 Å². The summed E-state index contributed by atoms with van der Waals surface area (Å²) in [4.78, 5) is 4.31. The van der Waals surface area contributed by atoms with Gasteiger partial charge >= 0.3 is 0 Å². The summed E-state index contributed by atoms with van der Waals surface area (Å²) in [6, 6.07) is 4.70. The first-order valence-electron chi connectivity index (χ1n) is 6.47. The Bertz CT molecular complexity index is 337. The van der Waals surface area contributed by atoms with E-state index in [9.17, 15) is 0 Å². The lowest BCUT2D eigenvalue weighted by molar-refractivity contribution is 0.0413. The lowest BCUT2D eigenvalue weighted by atomic mass is 9.92. The van der Waals surface area contributed by atoms with Crippen LogP contribution in [0, 0.1) is 6.92 Å². The number of pyridine rings is 1. The predicted octanol–water partition coefficient (Wildman–Crippen LogP) is 2.44. The van der Waals surface area contributed by atoms with Crippen molar-refractivity contribution in [3.05, 3.63) is 29.6 Å². The number of rotatable bonds is 4. The van der Waals surface area contributed by atoms with E-state index < -0.39 is 0 Å². The van der Waals surface area contributed by atoms with Crippen molar-refractivity contribution in [1.29, 1.82) is 0 Å². The molecule has 1 fully saturated rings. The Morgan fingerprint density at radius 1 is 1.35 bits per heavy atom. The maximum atomic E-state index is 5.53. The minimum Gasteiger partial charge on any atom is -0.380 e. The minimum absolute atomic E-state index is 0.377. The second-order valence-electron chi connectivity index (χ2n) is 4.85. The van der Waals surface area contributed by atoms with E-state index in [1.54, 1.807) is 0 Å². The van der Waals surface area contributed by atoms with Crippen molar-refractivity contribution in [2.24, 2.45) is 0 Å². The fourth-order valence-corrected chi connectivity index (χ4v) is 2.46. The third kappa shape index (κ3) is 3.51. The molecule has 0 bridgehead atoms. The molecule has 2 unspecified atom stereocenters. The Hall–Kier alpha value is -0.930. The van der Waals surface area contributed by atoms with E-state index in [1.165, 1.54) is 31.2 Å². The second kappa shape index (κ2) is 6.12. The van der Waals surface area contributed by atoms with E-state index in [2.05, 4.69) is 22.4 Å². The Morgan fingerprint density at radius 3 is 2.88 bits per heavy atom. The van der Waals surface area contributed by atoms with Gasteiger partial charge < -0.3 is 10.1 Å². The van der Waals surface area contributed by atoms with Gasteiger partial charge in [-0.15, -0.1) is 0 Å². The van der Waals surface area contributed by atoms with Crippen LogP contribution in [0.15, 0.2) is 18.3 Å². The zero-order chi connectivity index (χ0) is 12.1. The van der Waals surface area contributed by atoms with Crippen LogP contribution in [0.4, 0.5) is 0 Å². The molecular weight excluding hydrogens is 212 g/mol. The third-order valence-corrected chi connectivity index (χ3v) is 3.55. The fraction of sp³-hybridized carbons (Fsp3) is 0.643. The van der Waals surface area contributed by atoms with Crippen molar-refractivity contribution in [3.8, 4) is 0 Å². The summed E-state index contributed by atoms with van der Waals surface area (Å²) in [5, 5.41) is 3.59. The molecule has 17 heavy (non-hydrogen) atoms. The van der Waals surface area contributed by atoms with E-state index in [0.29, 0.717) is 12.1 Å². The molecule has 0 saturated heterocycles. The van der Waals surface area contributed by atoms with Gasteiger partial charge in [0.2, 0.25) is 0 Å². The van der Waals surface area contributed by atoms with Gasteiger partial charge in [0, 0.05) is 31.6 Å². The van der Waals surface area contributed by atoms with Crippen LogP contribution in [0.5, 0.6) is 0 Å². The number of hydrogen-bond acceptors (Lipinski definition) is 3. The number of hydrogen-bond donors (Lipinski definition) is 1. The van der Waals surface area contributed by atoms with Gasteiger partial charge in [0.1, 0.15) is 0 Å². The smallest absolute Gasteiger partial charge is 0.0724 e. The topological polar surface area (TPSA) is 34.1 Å². The summed E-state index contributed by atoms with van der Waals surface area (Å²) in [5.74, 6) is 0. The average molecular weight is 234 g/mol. The second-order valence-corrected chi connectivity index (χ2v) is 4.85. The minimum atomic E-state index is 0.377. The predicted molar refractivity (Wildman–Crippen MR) is 68.9 cm³/mol. The number of aryl methyl sites for hydroxylation is 1. The molecule has 3 nitrogen and oxygen atoms in total. The maximum absolute atomic E-state index is 5.53. The van der Waals surface area contributed by atoms with Gasteiger partial charge in [-0.25, -0.2) is 0 Å². The SMILES string of the molecule is COC1CCCCC1NCc1ccc(C)nc1. The lowest BCUT2D eigenvalue weighted by Crippen LogP contribution is -2.42. The fourth-order valence-electron chi connectivity index (χ4n) is 2.46. The van der Waals surface area contributed by atoms with E-state index in [4.69, 9.17) is 4.74 Å². The zero-order valence-corrected chi connectivity index (χ0v) is 10.8. The molecule has 1 aromatic rings. The maximum Gasteiger partial charge on any atom is 0.0724 e. The normalized spacial score (nSPS) is 24.8. The lowest BCUT2D eigenvalue weighted by Gasteiger charge is -2.31. The number of nitrogens with zero attached hydrogens (tertiary/aromatic N) is 1. The quantitative estimate of drug-likeness (QED) is 0.869. The molecular formula is C14H22N2O. The average Bonchev–Trinajstić information content (AvgIpc) is 2.38. The molecule has 1 saturated carbocycles. The first-order chi connectivity index (χ1) is 8.29. The summed E-state index contributed by atoms with van der Waals surface area (Å²) >= 11 is 0. The van der Waals surface area contributed by atoms with Crippen LogP contribution in [0.3, 0.4) is 0 Å². The van der Waals surface area contributed by atoms with Crippen molar-refractivity contribution in [2.75, 3.05) is 7.11 Å².